The molecule has 0 aliphatic heterocycles. The number of hydrogen-bond acceptors (Lipinski definition) is 3. The molecule has 118 valence electrons. The van der Waals surface area contributed by atoms with Crippen molar-refractivity contribution in [2.45, 2.75) is 4.90 Å². The van der Waals surface area contributed by atoms with Crippen molar-refractivity contribution in [1.82, 2.24) is 0 Å². The molecule has 0 spiro atoms. The Kier molecular flexibility index (Phi) is 4.69. The van der Waals surface area contributed by atoms with Crippen LogP contribution in [0.1, 0.15) is 0 Å². The van der Waals surface area contributed by atoms with Crippen LogP contribution < -0.4 is 4.18 Å². The van der Waals surface area contributed by atoms with Gasteiger partial charge in [-0.3, -0.25) is 0 Å². The van der Waals surface area contributed by atoms with Gasteiger partial charge in [-0.1, -0.05) is 39.7 Å². The predicted molar refractivity (Wildman–Crippen MR) is 98.6 cm³/mol. The van der Waals surface area contributed by atoms with Gasteiger partial charge in [0, 0.05) is 9.50 Å². The van der Waals surface area contributed by atoms with Crippen molar-refractivity contribution in [3.63, 3.8) is 0 Å². The summed E-state index contributed by atoms with van der Waals surface area (Å²) in [5, 5.41) is 2.28. The van der Waals surface area contributed by atoms with E-state index in [0.29, 0.717) is 9.50 Å². The maximum absolute atomic E-state index is 12.4. The van der Waals surface area contributed by atoms with Gasteiger partial charge in [-0.05, 0) is 69.2 Å². The monoisotopic (exact) mass is 474 g/mol. The Hall–Kier alpha value is -1.08. The SMILES string of the molecule is O=S(=O)(Oc1ccc2cc(Br)ccc2c1Br)c1ccc(Cl)cc1. The van der Waals surface area contributed by atoms with Crippen LogP contribution >= 0.6 is 43.5 Å². The number of fused-ring (bicyclic) bond motifs is 1. The number of benzene rings is 3. The quantitative estimate of drug-likeness (QED) is 0.450. The summed E-state index contributed by atoms with van der Waals surface area (Å²) >= 11 is 12.6. The second-order valence-corrected chi connectivity index (χ2v) is 8.43. The highest BCUT2D eigenvalue weighted by Gasteiger charge is 2.19. The second kappa shape index (κ2) is 6.43. The van der Waals surface area contributed by atoms with Crippen molar-refractivity contribution in [2.24, 2.45) is 0 Å². The average Bonchev–Trinajstić information content (AvgIpc) is 2.50. The average molecular weight is 477 g/mol. The Morgan fingerprint density at radius 3 is 2.30 bits per heavy atom. The largest absolute Gasteiger partial charge is 0.378 e. The fourth-order valence-electron chi connectivity index (χ4n) is 2.07. The number of hydrogen-bond donors (Lipinski definition) is 0. The van der Waals surface area contributed by atoms with Crippen molar-refractivity contribution in [3.8, 4) is 5.75 Å². The van der Waals surface area contributed by atoms with Crippen LogP contribution in [-0.2, 0) is 10.1 Å². The lowest BCUT2D eigenvalue weighted by molar-refractivity contribution is 0.485. The van der Waals surface area contributed by atoms with Crippen LogP contribution in [0, 0.1) is 0 Å². The van der Waals surface area contributed by atoms with Gasteiger partial charge < -0.3 is 4.18 Å². The van der Waals surface area contributed by atoms with Crippen molar-refractivity contribution in [3.05, 3.63) is 68.6 Å². The third-order valence-corrected chi connectivity index (χ3v) is 5.99. The maximum Gasteiger partial charge on any atom is 0.339 e. The highest BCUT2D eigenvalue weighted by Crippen LogP contribution is 2.35. The van der Waals surface area contributed by atoms with Gasteiger partial charge in [0.25, 0.3) is 0 Å². The van der Waals surface area contributed by atoms with Gasteiger partial charge in [0.05, 0.1) is 4.47 Å². The molecule has 23 heavy (non-hydrogen) atoms. The van der Waals surface area contributed by atoms with E-state index in [-0.39, 0.29) is 10.6 Å². The molecule has 0 aromatic heterocycles. The van der Waals surface area contributed by atoms with E-state index < -0.39 is 10.1 Å². The highest BCUT2D eigenvalue weighted by atomic mass is 79.9. The van der Waals surface area contributed by atoms with Crippen LogP contribution in [0.15, 0.2) is 68.4 Å². The first kappa shape index (κ1) is 16.8. The fourth-order valence-corrected chi connectivity index (χ4v) is 4.20. The zero-order valence-corrected chi connectivity index (χ0v) is 16.2. The van der Waals surface area contributed by atoms with Crippen LogP contribution in [0.4, 0.5) is 0 Å². The summed E-state index contributed by atoms with van der Waals surface area (Å²) in [6.07, 6.45) is 0. The minimum absolute atomic E-state index is 0.0460. The Balaban J connectivity index is 2.02. The molecule has 0 aliphatic rings. The number of rotatable bonds is 3. The summed E-state index contributed by atoms with van der Waals surface area (Å²) in [6, 6.07) is 14.9. The van der Waals surface area contributed by atoms with Gasteiger partial charge in [-0.25, -0.2) is 0 Å². The van der Waals surface area contributed by atoms with E-state index in [9.17, 15) is 8.42 Å². The van der Waals surface area contributed by atoms with Crippen LogP contribution in [0.2, 0.25) is 5.02 Å². The standard InChI is InChI=1S/C16H9Br2ClO3S/c17-11-2-7-14-10(9-11)1-8-15(16(14)18)22-23(20,21)13-5-3-12(19)4-6-13/h1-9H. The molecule has 0 fully saturated rings. The molecule has 0 unspecified atom stereocenters. The van der Waals surface area contributed by atoms with Crippen molar-refractivity contribution in [1.29, 1.82) is 0 Å². The summed E-state index contributed by atoms with van der Waals surface area (Å²) in [4.78, 5) is 0.0460. The lowest BCUT2D eigenvalue weighted by Gasteiger charge is -2.11. The van der Waals surface area contributed by atoms with Crippen LogP contribution in [-0.4, -0.2) is 8.42 Å². The van der Waals surface area contributed by atoms with E-state index >= 15 is 0 Å². The first-order valence-corrected chi connectivity index (χ1v) is 9.82. The molecule has 3 nitrogen and oxygen atoms in total. The molecule has 0 radical (unpaired) electrons. The first-order valence-electron chi connectivity index (χ1n) is 6.45. The maximum atomic E-state index is 12.4. The van der Waals surface area contributed by atoms with E-state index in [4.69, 9.17) is 15.8 Å². The van der Waals surface area contributed by atoms with Gasteiger partial charge in [0.2, 0.25) is 0 Å². The molecule has 0 saturated carbocycles. The van der Waals surface area contributed by atoms with Crippen molar-refractivity contribution >= 4 is 64.4 Å². The summed E-state index contributed by atoms with van der Waals surface area (Å²) in [5.74, 6) is 0.231. The van der Waals surface area contributed by atoms with E-state index in [0.717, 1.165) is 15.2 Å². The van der Waals surface area contributed by atoms with E-state index in [1.807, 2.05) is 18.2 Å². The lowest BCUT2D eigenvalue weighted by Crippen LogP contribution is -2.10. The number of halogens is 3. The molecule has 0 amide bonds. The normalized spacial score (nSPS) is 11.6. The third kappa shape index (κ3) is 3.55. The molecule has 0 heterocycles. The fraction of sp³-hybridized carbons (Fsp3) is 0. The minimum Gasteiger partial charge on any atom is -0.378 e. The van der Waals surface area contributed by atoms with E-state index in [1.165, 1.54) is 24.3 Å². The molecule has 0 saturated heterocycles. The Morgan fingerprint density at radius 1 is 0.913 bits per heavy atom. The Morgan fingerprint density at radius 2 is 1.61 bits per heavy atom. The van der Waals surface area contributed by atoms with Gasteiger partial charge in [0.15, 0.2) is 5.75 Å². The summed E-state index contributed by atoms with van der Waals surface area (Å²) in [5.41, 5.74) is 0. The molecule has 3 aromatic carbocycles. The topological polar surface area (TPSA) is 43.4 Å². The van der Waals surface area contributed by atoms with Crippen LogP contribution in [0.3, 0.4) is 0 Å². The second-order valence-electron chi connectivity index (χ2n) is 4.73. The summed E-state index contributed by atoms with van der Waals surface area (Å²) in [7, 11) is -3.93. The van der Waals surface area contributed by atoms with Crippen LogP contribution in [0.5, 0.6) is 5.75 Å². The van der Waals surface area contributed by atoms with E-state index in [1.54, 1.807) is 12.1 Å². The Labute approximate surface area is 155 Å². The zero-order chi connectivity index (χ0) is 16.6. The smallest absolute Gasteiger partial charge is 0.339 e. The minimum atomic E-state index is -3.93. The molecular formula is C16H9Br2ClO3S. The van der Waals surface area contributed by atoms with Gasteiger partial charge in [-0.2, -0.15) is 8.42 Å². The molecular weight excluding hydrogens is 468 g/mol. The van der Waals surface area contributed by atoms with Crippen LogP contribution in [0.25, 0.3) is 10.8 Å². The molecule has 3 rings (SSSR count). The van der Waals surface area contributed by atoms with Gasteiger partial charge in [0.1, 0.15) is 4.90 Å². The third-order valence-electron chi connectivity index (χ3n) is 3.18. The van der Waals surface area contributed by atoms with Gasteiger partial charge >= 0.3 is 10.1 Å². The first-order chi connectivity index (χ1) is 10.9. The Bertz CT molecular complexity index is 986. The predicted octanol–water partition coefficient (Wildman–Crippen LogP) is 5.79. The molecule has 3 aromatic rings. The van der Waals surface area contributed by atoms with Gasteiger partial charge in [-0.15, -0.1) is 0 Å². The molecule has 0 atom stereocenters. The molecule has 0 aliphatic carbocycles. The summed E-state index contributed by atoms with van der Waals surface area (Å²) < 4.78 is 31.5. The molecule has 0 N–H and O–H groups in total. The van der Waals surface area contributed by atoms with Crippen molar-refractivity contribution < 1.29 is 12.6 Å². The molecule has 7 heteroatoms. The van der Waals surface area contributed by atoms with E-state index in [2.05, 4.69) is 31.9 Å². The lowest BCUT2D eigenvalue weighted by atomic mass is 10.1. The molecule has 0 bridgehead atoms. The highest BCUT2D eigenvalue weighted by molar-refractivity contribution is 9.11. The zero-order valence-electron chi connectivity index (χ0n) is 11.5. The summed E-state index contributed by atoms with van der Waals surface area (Å²) in [6.45, 7) is 0. The van der Waals surface area contributed by atoms with Crippen molar-refractivity contribution in [2.75, 3.05) is 0 Å².